The fourth-order valence-corrected chi connectivity index (χ4v) is 2.06. The van der Waals surface area contributed by atoms with Crippen LogP contribution in [-0.4, -0.2) is 11.0 Å². The molecule has 0 saturated heterocycles. The van der Waals surface area contributed by atoms with Crippen LogP contribution in [0, 0.1) is 6.92 Å². The molecule has 0 aliphatic rings. The zero-order valence-corrected chi connectivity index (χ0v) is 11.5. The number of hydrogen-bond acceptors (Lipinski definition) is 3. The van der Waals surface area contributed by atoms with E-state index in [0.717, 1.165) is 29.0 Å². The van der Waals surface area contributed by atoms with Gasteiger partial charge in [0.2, 0.25) is 0 Å². The zero-order valence-electron chi connectivity index (χ0n) is 11.5. The lowest BCUT2D eigenvalue weighted by Crippen LogP contribution is -2.18. The maximum absolute atomic E-state index is 5.94. The molecule has 0 amide bonds. The molecule has 3 heteroatoms. The SMILES string of the molecule is Cc1cccc(CC(C)N)c1OCc1ccccn1. The van der Waals surface area contributed by atoms with E-state index in [9.17, 15) is 0 Å². The van der Waals surface area contributed by atoms with E-state index in [1.165, 1.54) is 0 Å². The highest BCUT2D eigenvalue weighted by molar-refractivity contribution is 5.41. The number of pyridine rings is 1. The number of aryl methyl sites for hydroxylation is 1. The predicted octanol–water partition coefficient (Wildman–Crippen LogP) is 2.86. The minimum Gasteiger partial charge on any atom is -0.487 e. The van der Waals surface area contributed by atoms with Crippen LogP contribution in [0.3, 0.4) is 0 Å². The van der Waals surface area contributed by atoms with Gasteiger partial charge in [-0.2, -0.15) is 0 Å². The third-order valence-electron chi connectivity index (χ3n) is 2.93. The highest BCUT2D eigenvalue weighted by Crippen LogP contribution is 2.25. The van der Waals surface area contributed by atoms with Crippen LogP contribution in [0.5, 0.6) is 5.75 Å². The van der Waals surface area contributed by atoms with Crippen molar-refractivity contribution in [2.75, 3.05) is 0 Å². The van der Waals surface area contributed by atoms with Crippen LogP contribution in [0.15, 0.2) is 42.6 Å². The molecule has 0 bridgehead atoms. The van der Waals surface area contributed by atoms with Gasteiger partial charge in [0.25, 0.3) is 0 Å². The molecule has 0 aliphatic carbocycles. The van der Waals surface area contributed by atoms with E-state index in [0.29, 0.717) is 6.61 Å². The number of nitrogens with zero attached hydrogens (tertiary/aromatic N) is 1. The first-order valence-corrected chi connectivity index (χ1v) is 6.53. The lowest BCUT2D eigenvalue weighted by Gasteiger charge is -2.15. The van der Waals surface area contributed by atoms with Gasteiger partial charge in [0.1, 0.15) is 12.4 Å². The standard InChI is InChI=1S/C16H20N2O/c1-12-6-5-7-14(10-13(2)17)16(12)19-11-15-8-3-4-9-18-15/h3-9,13H,10-11,17H2,1-2H3. The van der Waals surface area contributed by atoms with Crippen LogP contribution in [0.4, 0.5) is 0 Å². The summed E-state index contributed by atoms with van der Waals surface area (Å²) in [4.78, 5) is 4.26. The number of ether oxygens (including phenoxy) is 1. The summed E-state index contributed by atoms with van der Waals surface area (Å²) in [5, 5.41) is 0. The van der Waals surface area contributed by atoms with E-state index in [2.05, 4.69) is 24.0 Å². The predicted molar refractivity (Wildman–Crippen MR) is 77.1 cm³/mol. The van der Waals surface area contributed by atoms with Crippen LogP contribution in [0.2, 0.25) is 0 Å². The Balaban J connectivity index is 2.14. The fourth-order valence-electron chi connectivity index (χ4n) is 2.06. The Labute approximate surface area is 114 Å². The summed E-state index contributed by atoms with van der Waals surface area (Å²) >= 11 is 0. The lowest BCUT2D eigenvalue weighted by molar-refractivity contribution is 0.295. The molecule has 19 heavy (non-hydrogen) atoms. The summed E-state index contributed by atoms with van der Waals surface area (Å²) in [5.41, 5.74) is 9.10. The van der Waals surface area contributed by atoms with Gasteiger partial charge in [0, 0.05) is 12.2 Å². The van der Waals surface area contributed by atoms with Crippen molar-refractivity contribution in [3.05, 3.63) is 59.4 Å². The van der Waals surface area contributed by atoms with Gasteiger partial charge in [0.15, 0.2) is 0 Å². The van der Waals surface area contributed by atoms with Gasteiger partial charge in [-0.05, 0) is 43.5 Å². The highest BCUT2D eigenvalue weighted by Gasteiger charge is 2.09. The van der Waals surface area contributed by atoms with Crippen LogP contribution in [0.25, 0.3) is 0 Å². The first-order valence-electron chi connectivity index (χ1n) is 6.53. The topological polar surface area (TPSA) is 48.1 Å². The Morgan fingerprint density at radius 2 is 2.05 bits per heavy atom. The van der Waals surface area contributed by atoms with E-state index < -0.39 is 0 Å². The van der Waals surface area contributed by atoms with E-state index in [1.807, 2.05) is 31.2 Å². The van der Waals surface area contributed by atoms with E-state index >= 15 is 0 Å². The van der Waals surface area contributed by atoms with Gasteiger partial charge in [-0.3, -0.25) is 4.98 Å². The Kier molecular flexibility index (Phi) is 4.53. The summed E-state index contributed by atoms with van der Waals surface area (Å²) in [6.45, 7) is 4.54. The molecule has 100 valence electrons. The van der Waals surface area contributed by atoms with E-state index in [4.69, 9.17) is 10.5 Å². The molecular formula is C16H20N2O. The van der Waals surface area contributed by atoms with Gasteiger partial charge in [-0.1, -0.05) is 24.3 Å². The molecule has 1 heterocycles. The summed E-state index contributed by atoms with van der Waals surface area (Å²) in [6.07, 6.45) is 2.60. The number of hydrogen-bond donors (Lipinski definition) is 1. The molecular weight excluding hydrogens is 236 g/mol. The van der Waals surface area contributed by atoms with E-state index in [-0.39, 0.29) is 6.04 Å². The van der Waals surface area contributed by atoms with Crippen molar-refractivity contribution < 1.29 is 4.74 Å². The molecule has 1 aromatic heterocycles. The third-order valence-corrected chi connectivity index (χ3v) is 2.93. The molecule has 0 saturated carbocycles. The number of rotatable bonds is 5. The average molecular weight is 256 g/mol. The normalized spacial score (nSPS) is 12.2. The van der Waals surface area contributed by atoms with Crippen molar-refractivity contribution in [1.29, 1.82) is 0 Å². The van der Waals surface area contributed by atoms with Gasteiger partial charge >= 0.3 is 0 Å². The van der Waals surface area contributed by atoms with Gasteiger partial charge in [-0.15, -0.1) is 0 Å². The van der Waals surface area contributed by atoms with E-state index in [1.54, 1.807) is 6.20 Å². The molecule has 2 rings (SSSR count). The van der Waals surface area contributed by atoms with Crippen molar-refractivity contribution in [3.63, 3.8) is 0 Å². The Morgan fingerprint density at radius 3 is 2.74 bits per heavy atom. The number of nitrogens with two attached hydrogens (primary N) is 1. The largest absolute Gasteiger partial charge is 0.487 e. The van der Waals surface area contributed by atoms with Crippen molar-refractivity contribution >= 4 is 0 Å². The number of benzene rings is 1. The van der Waals surface area contributed by atoms with Crippen LogP contribution in [0.1, 0.15) is 23.7 Å². The minimum atomic E-state index is 0.124. The van der Waals surface area contributed by atoms with Crippen molar-refractivity contribution in [2.45, 2.75) is 32.9 Å². The first kappa shape index (κ1) is 13.6. The molecule has 2 N–H and O–H groups in total. The van der Waals surface area contributed by atoms with Crippen molar-refractivity contribution in [1.82, 2.24) is 4.98 Å². The number of aromatic nitrogens is 1. The zero-order chi connectivity index (χ0) is 13.7. The molecule has 1 atom stereocenters. The molecule has 0 aliphatic heterocycles. The summed E-state index contributed by atoms with van der Waals surface area (Å²) in [6, 6.07) is 12.1. The minimum absolute atomic E-state index is 0.124. The molecule has 0 spiro atoms. The van der Waals surface area contributed by atoms with Crippen molar-refractivity contribution in [3.8, 4) is 5.75 Å². The molecule has 0 fully saturated rings. The molecule has 3 nitrogen and oxygen atoms in total. The molecule has 2 aromatic rings. The summed E-state index contributed by atoms with van der Waals surface area (Å²) in [7, 11) is 0. The van der Waals surface area contributed by atoms with Gasteiger partial charge in [-0.25, -0.2) is 0 Å². The van der Waals surface area contributed by atoms with Gasteiger partial charge in [0.05, 0.1) is 5.69 Å². The molecule has 1 unspecified atom stereocenters. The smallest absolute Gasteiger partial charge is 0.130 e. The monoisotopic (exact) mass is 256 g/mol. The maximum Gasteiger partial charge on any atom is 0.130 e. The molecule has 0 radical (unpaired) electrons. The van der Waals surface area contributed by atoms with Crippen LogP contribution < -0.4 is 10.5 Å². The second kappa shape index (κ2) is 6.34. The second-order valence-electron chi connectivity index (χ2n) is 4.85. The number of para-hydroxylation sites is 1. The maximum atomic E-state index is 5.94. The Morgan fingerprint density at radius 1 is 1.21 bits per heavy atom. The second-order valence-corrected chi connectivity index (χ2v) is 4.85. The highest BCUT2D eigenvalue weighted by atomic mass is 16.5. The Bertz CT molecular complexity index is 524. The van der Waals surface area contributed by atoms with Crippen molar-refractivity contribution in [2.24, 2.45) is 5.73 Å². The lowest BCUT2D eigenvalue weighted by atomic mass is 10.0. The Hall–Kier alpha value is -1.87. The summed E-state index contributed by atoms with van der Waals surface area (Å²) < 4.78 is 5.94. The third kappa shape index (κ3) is 3.80. The van der Waals surface area contributed by atoms with Crippen LogP contribution >= 0.6 is 0 Å². The van der Waals surface area contributed by atoms with Crippen LogP contribution in [-0.2, 0) is 13.0 Å². The van der Waals surface area contributed by atoms with Gasteiger partial charge < -0.3 is 10.5 Å². The summed E-state index contributed by atoms with van der Waals surface area (Å²) in [5.74, 6) is 0.936. The molecule has 1 aromatic carbocycles. The average Bonchev–Trinajstić information content (AvgIpc) is 2.38. The quantitative estimate of drug-likeness (QED) is 0.894. The fraction of sp³-hybridized carbons (Fsp3) is 0.312. The first-order chi connectivity index (χ1) is 9.16.